The number of hydrogen-bond donors (Lipinski definition) is 11. The predicted molar refractivity (Wildman–Crippen MR) is 120 cm³/mol. The number of carbonyl (C=O) groups excluding carboxylic acids is 2. The number of ether oxygens (including phenoxy) is 4. The molecular formula is C18H30NaO20P. The van der Waals surface area contributed by atoms with E-state index in [4.69, 9.17) is 33.8 Å². The van der Waals surface area contributed by atoms with E-state index in [1.54, 1.807) is 0 Å². The van der Waals surface area contributed by atoms with Crippen molar-refractivity contribution in [3.8, 4) is 0 Å². The van der Waals surface area contributed by atoms with Crippen molar-refractivity contribution in [3.63, 3.8) is 0 Å². The van der Waals surface area contributed by atoms with Crippen LogP contribution in [0.3, 0.4) is 0 Å². The molecule has 2 aliphatic heterocycles. The van der Waals surface area contributed by atoms with E-state index in [0.29, 0.717) is 0 Å². The number of carboxylic acid groups (broad SMARTS) is 1. The molecule has 2 saturated heterocycles. The summed E-state index contributed by atoms with van der Waals surface area (Å²) >= 11 is 0. The Morgan fingerprint density at radius 1 is 0.900 bits per heavy atom. The fourth-order valence-corrected chi connectivity index (χ4v) is 4.03. The van der Waals surface area contributed by atoms with Gasteiger partial charge in [-0.3, -0.25) is 19.4 Å². The zero-order valence-corrected chi connectivity index (χ0v) is 20.6. The molecule has 11 N–H and O–H groups in total. The zero-order valence-electron chi connectivity index (χ0n) is 19.7. The summed E-state index contributed by atoms with van der Waals surface area (Å²) in [6, 6.07) is 0. The Balaban J connectivity index is 0.00000800. The van der Waals surface area contributed by atoms with E-state index in [1.807, 2.05) is 0 Å². The average molecular weight is 620 g/mol. The molecule has 2 rings (SSSR count). The van der Waals surface area contributed by atoms with Crippen molar-refractivity contribution < 1.29 is 98.2 Å². The Kier molecular flexibility index (Phi) is 13.5. The summed E-state index contributed by atoms with van der Waals surface area (Å²) in [5, 5.41) is 89.0. The van der Waals surface area contributed by atoms with Crippen molar-refractivity contribution in [2.24, 2.45) is 0 Å². The molecule has 0 radical (unpaired) electrons. The van der Waals surface area contributed by atoms with E-state index in [0.717, 1.165) is 0 Å². The quantitative estimate of drug-likeness (QED) is 0.0548. The third-order valence-electron chi connectivity index (χ3n) is 5.79. The number of carboxylic acids is 1. The van der Waals surface area contributed by atoms with Gasteiger partial charge in [-0.25, -0.2) is 9.36 Å². The van der Waals surface area contributed by atoms with Gasteiger partial charge < -0.3 is 69.4 Å². The number of esters is 1. The van der Waals surface area contributed by atoms with Gasteiger partial charge in [0, 0.05) is 0 Å². The first-order chi connectivity index (χ1) is 17.9. The van der Waals surface area contributed by atoms with Gasteiger partial charge in [-0.15, -0.1) is 0 Å². The van der Waals surface area contributed by atoms with Crippen LogP contribution in [0.25, 0.3) is 0 Å². The van der Waals surface area contributed by atoms with Gasteiger partial charge in [-0.2, -0.15) is 0 Å². The number of carbonyl (C=O) groups is 3. The van der Waals surface area contributed by atoms with Crippen molar-refractivity contribution in [3.05, 3.63) is 0 Å². The number of rotatable bonds is 12. The van der Waals surface area contributed by atoms with Gasteiger partial charge in [0.1, 0.15) is 55.9 Å². The fourth-order valence-electron chi connectivity index (χ4n) is 3.70. The molecule has 0 saturated carbocycles. The Hall–Kier alpha value is -0.880. The van der Waals surface area contributed by atoms with Gasteiger partial charge in [0.2, 0.25) is 5.79 Å². The number of phosphoric ester groups is 1. The number of aliphatic hydroxyl groups is 8. The first kappa shape index (κ1) is 37.1. The first-order valence-corrected chi connectivity index (χ1v) is 12.4. The van der Waals surface area contributed by atoms with Crippen molar-refractivity contribution in [2.75, 3.05) is 19.8 Å². The molecule has 40 heavy (non-hydrogen) atoms. The van der Waals surface area contributed by atoms with E-state index in [2.05, 4.69) is 4.52 Å². The molecule has 0 aromatic rings. The van der Waals surface area contributed by atoms with Crippen molar-refractivity contribution in [2.45, 2.75) is 73.2 Å². The van der Waals surface area contributed by atoms with Crippen molar-refractivity contribution in [1.29, 1.82) is 0 Å². The molecule has 0 amide bonds. The van der Waals surface area contributed by atoms with Gasteiger partial charge in [0.05, 0.1) is 19.4 Å². The Labute approximate surface area is 246 Å². The van der Waals surface area contributed by atoms with Crippen LogP contribution in [-0.4, -0.2) is 183 Å². The maximum absolute atomic E-state index is 12.2. The molecule has 0 aromatic carbocycles. The number of aliphatic carboxylic acids is 1. The summed E-state index contributed by atoms with van der Waals surface area (Å²) in [7, 11) is -5.40. The van der Waals surface area contributed by atoms with Crippen LogP contribution in [0.5, 0.6) is 0 Å². The summed E-state index contributed by atoms with van der Waals surface area (Å²) < 4.78 is 34.7. The second-order valence-electron chi connectivity index (χ2n) is 8.70. The summed E-state index contributed by atoms with van der Waals surface area (Å²) in [4.78, 5) is 52.2. The molecular weight excluding hydrogens is 590 g/mol. The van der Waals surface area contributed by atoms with Gasteiger partial charge >= 0.3 is 55.3 Å². The monoisotopic (exact) mass is 620 g/mol. The molecule has 228 valence electrons. The summed E-state index contributed by atoms with van der Waals surface area (Å²) in [5.74, 6) is -8.07. The molecule has 10 atom stereocenters. The maximum atomic E-state index is 12.2. The molecule has 0 aliphatic carbocycles. The SMILES string of the molecule is O=C(CC(O)(CC(=O)OP(=O)(O)O)C(=O)O)OC[C@H]1O[C@H](O[C@]2(CO)O[C@H](CO)[C@@H](O)[C@@H]2O)[C@H](O)[C@@H](O)[C@@H]1O.[NaH]. The second kappa shape index (κ2) is 14.5. The topological polar surface area (TPSA) is 337 Å². The van der Waals surface area contributed by atoms with Crippen molar-refractivity contribution in [1.82, 2.24) is 0 Å². The number of hydrogen-bond acceptors (Lipinski definition) is 17. The molecule has 0 bridgehead atoms. The molecule has 1 unspecified atom stereocenters. The molecule has 2 heterocycles. The normalized spacial score (nSPS) is 35.8. The number of phosphoric acid groups is 1. The molecule has 22 heteroatoms. The van der Waals surface area contributed by atoms with E-state index in [-0.39, 0.29) is 29.6 Å². The first-order valence-electron chi connectivity index (χ1n) is 10.9. The second-order valence-corrected chi connectivity index (χ2v) is 9.87. The predicted octanol–water partition coefficient (Wildman–Crippen LogP) is -7.26. The van der Waals surface area contributed by atoms with E-state index < -0.39 is 119 Å². The zero-order chi connectivity index (χ0) is 29.9. The third kappa shape index (κ3) is 8.82. The van der Waals surface area contributed by atoms with Crippen LogP contribution < -0.4 is 0 Å². The van der Waals surface area contributed by atoms with Crippen LogP contribution in [0.2, 0.25) is 0 Å². The van der Waals surface area contributed by atoms with Crippen LogP contribution >= 0.6 is 7.82 Å². The van der Waals surface area contributed by atoms with E-state index >= 15 is 0 Å². The van der Waals surface area contributed by atoms with Crippen LogP contribution in [0.4, 0.5) is 0 Å². The Bertz CT molecular complexity index is 946. The summed E-state index contributed by atoms with van der Waals surface area (Å²) in [6.07, 6.45) is -18.2. The fraction of sp³-hybridized carbons (Fsp3) is 0.833. The minimum absolute atomic E-state index is 0. The van der Waals surface area contributed by atoms with Crippen molar-refractivity contribution >= 4 is 55.3 Å². The van der Waals surface area contributed by atoms with Crippen LogP contribution in [0.15, 0.2) is 0 Å². The standard InChI is InChI=1S/C18H29O20P.Na.H/c19-3-6-11(24)14(27)18(5-20,36-6)37-15-13(26)12(25)10(23)7(35-15)4-34-8(21)1-17(30,16(28)29)2-9(22)38-39(31,32)33;;/h6-7,10-15,19-20,23-27,30H,1-5H2,(H,28,29)(H2,31,32,33);;/t6-,7-,10-,11-,12+,13-,14+,15-,17?,18+;;/m1../s1. The van der Waals surface area contributed by atoms with Crippen LogP contribution in [-0.2, 0) is 42.4 Å². The average Bonchev–Trinajstić information content (AvgIpc) is 3.07. The molecule has 0 aromatic heterocycles. The van der Waals surface area contributed by atoms with E-state index in [1.165, 1.54) is 0 Å². The Morgan fingerprint density at radius 3 is 1.95 bits per heavy atom. The summed E-state index contributed by atoms with van der Waals surface area (Å²) in [5.41, 5.74) is -3.25. The molecule has 0 spiro atoms. The minimum atomic E-state index is -5.40. The summed E-state index contributed by atoms with van der Waals surface area (Å²) in [6.45, 7) is -2.99. The van der Waals surface area contributed by atoms with E-state index in [9.17, 15) is 59.8 Å². The van der Waals surface area contributed by atoms with Gasteiger partial charge in [-0.05, 0) is 0 Å². The van der Waals surface area contributed by atoms with Gasteiger partial charge in [-0.1, -0.05) is 0 Å². The molecule has 2 fully saturated rings. The molecule has 2 aliphatic rings. The van der Waals surface area contributed by atoms with Crippen LogP contribution in [0.1, 0.15) is 12.8 Å². The number of aliphatic hydroxyl groups excluding tert-OH is 7. The van der Waals surface area contributed by atoms with Gasteiger partial charge in [0.25, 0.3) is 0 Å². The van der Waals surface area contributed by atoms with Crippen LogP contribution in [0, 0.1) is 0 Å². The Morgan fingerprint density at radius 2 is 1.48 bits per heavy atom. The third-order valence-corrected chi connectivity index (χ3v) is 6.23. The molecule has 20 nitrogen and oxygen atoms in total. The van der Waals surface area contributed by atoms with Gasteiger partial charge in [0.15, 0.2) is 11.9 Å².